The summed E-state index contributed by atoms with van der Waals surface area (Å²) in [4.78, 5) is 4.22. The summed E-state index contributed by atoms with van der Waals surface area (Å²) >= 11 is 3.18. The molecule has 1 aromatic carbocycles. The van der Waals surface area contributed by atoms with Crippen LogP contribution in [0, 0.1) is 11.3 Å². The summed E-state index contributed by atoms with van der Waals surface area (Å²) in [5.74, 6) is 0.689. The van der Waals surface area contributed by atoms with Gasteiger partial charge in [0, 0.05) is 5.39 Å². The van der Waals surface area contributed by atoms with Crippen molar-refractivity contribution in [3.63, 3.8) is 0 Å². The quantitative estimate of drug-likeness (QED) is 0.782. The Bertz CT molecular complexity index is 534. The molecule has 1 heterocycles. The van der Waals surface area contributed by atoms with Crippen LogP contribution in [0.3, 0.4) is 0 Å². The van der Waals surface area contributed by atoms with E-state index in [1.54, 1.807) is 18.3 Å². The van der Waals surface area contributed by atoms with Crippen LogP contribution in [0.1, 0.15) is 5.56 Å². The first-order chi connectivity index (χ1) is 7.33. The molecule has 15 heavy (non-hydrogen) atoms. The molecule has 0 amide bonds. The van der Waals surface area contributed by atoms with E-state index < -0.39 is 0 Å². The fourth-order valence-corrected chi connectivity index (χ4v) is 1.59. The smallest absolute Gasteiger partial charge is 0.143 e. The molecule has 0 unspecified atom stereocenters. The van der Waals surface area contributed by atoms with Gasteiger partial charge in [-0.25, -0.2) is 0 Å². The van der Waals surface area contributed by atoms with E-state index in [2.05, 4.69) is 27.0 Å². The Kier molecular flexibility index (Phi) is 2.84. The molecule has 0 saturated heterocycles. The van der Waals surface area contributed by atoms with E-state index in [1.165, 1.54) is 0 Å². The Hall–Kier alpha value is -1.60. The highest BCUT2D eigenvalue weighted by atomic mass is 79.9. The fourth-order valence-electron chi connectivity index (χ4n) is 1.32. The predicted molar refractivity (Wildman–Crippen MR) is 60.9 cm³/mol. The first-order valence-corrected chi connectivity index (χ1v) is 5.44. The van der Waals surface area contributed by atoms with Gasteiger partial charge < -0.3 is 4.74 Å². The lowest BCUT2D eigenvalue weighted by Gasteiger charge is -2.03. The first kappa shape index (κ1) is 9.94. The van der Waals surface area contributed by atoms with Gasteiger partial charge in [-0.15, -0.1) is 0 Å². The van der Waals surface area contributed by atoms with Gasteiger partial charge in [0.15, 0.2) is 0 Å². The van der Waals surface area contributed by atoms with Gasteiger partial charge in [-0.1, -0.05) is 0 Å². The van der Waals surface area contributed by atoms with Crippen LogP contribution in [0.4, 0.5) is 0 Å². The monoisotopic (exact) mass is 262 g/mol. The zero-order valence-electron chi connectivity index (χ0n) is 7.77. The molecule has 0 aliphatic carbocycles. The van der Waals surface area contributed by atoms with Gasteiger partial charge in [0.2, 0.25) is 0 Å². The van der Waals surface area contributed by atoms with Crippen molar-refractivity contribution in [2.75, 3.05) is 5.52 Å². The van der Waals surface area contributed by atoms with E-state index in [0.717, 1.165) is 10.9 Å². The topological polar surface area (TPSA) is 45.9 Å². The van der Waals surface area contributed by atoms with Crippen LogP contribution in [-0.4, -0.2) is 10.5 Å². The van der Waals surface area contributed by atoms with E-state index in [0.29, 0.717) is 16.8 Å². The summed E-state index contributed by atoms with van der Waals surface area (Å²) in [6, 6.07) is 9.33. The summed E-state index contributed by atoms with van der Waals surface area (Å²) in [5.41, 5.74) is 1.91. The van der Waals surface area contributed by atoms with Crippen molar-refractivity contribution in [2.24, 2.45) is 0 Å². The van der Waals surface area contributed by atoms with Gasteiger partial charge in [-0.3, -0.25) is 4.98 Å². The highest BCUT2D eigenvalue weighted by molar-refractivity contribution is 9.09. The molecule has 2 rings (SSSR count). The summed E-state index contributed by atoms with van der Waals surface area (Å²) < 4.78 is 5.26. The van der Waals surface area contributed by atoms with Crippen molar-refractivity contribution in [1.29, 1.82) is 5.26 Å². The number of ether oxygens (including phenoxy) is 1. The largest absolute Gasteiger partial charge is 0.481 e. The number of nitrogens with zero attached hydrogens (tertiary/aromatic N) is 2. The first-order valence-electron chi connectivity index (χ1n) is 4.32. The molecular formula is C11H7BrN2O. The Labute approximate surface area is 95.4 Å². The third-order valence-electron chi connectivity index (χ3n) is 2.01. The standard InChI is InChI=1S/C11H7BrN2O/c12-7-15-10-4-9-3-8(5-13)1-2-11(9)14-6-10/h1-4,6H,7H2. The molecule has 74 valence electrons. The molecule has 0 fully saturated rings. The highest BCUT2D eigenvalue weighted by Gasteiger charge is 1.99. The second-order valence-electron chi connectivity index (χ2n) is 2.94. The zero-order valence-corrected chi connectivity index (χ0v) is 9.36. The van der Waals surface area contributed by atoms with Crippen LogP contribution >= 0.6 is 15.9 Å². The van der Waals surface area contributed by atoms with Gasteiger partial charge in [0.25, 0.3) is 0 Å². The van der Waals surface area contributed by atoms with Gasteiger partial charge in [0.1, 0.15) is 11.3 Å². The lowest BCUT2D eigenvalue weighted by molar-refractivity contribution is 0.397. The number of aromatic nitrogens is 1. The lowest BCUT2D eigenvalue weighted by atomic mass is 10.1. The molecule has 0 aliphatic rings. The molecule has 0 atom stereocenters. The van der Waals surface area contributed by atoms with E-state index in [1.807, 2.05) is 12.1 Å². The Balaban J connectivity index is 2.54. The maximum Gasteiger partial charge on any atom is 0.143 e. The van der Waals surface area contributed by atoms with Crippen LogP contribution in [0.25, 0.3) is 10.9 Å². The molecule has 0 aliphatic heterocycles. The maximum atomic E-state index is 8.76. The Morgan fingerprint density at radius 1 is 1.40 bits per heavy atom. The van der Waals surface area contributed by atoms with Crippen molar-refractivity contribution >= 4 is 26.8 Å². The minimum atomic E-state index is 0.429. The molecule has 4 heteroatoms. The summed E-state index contributed by atoms with van der Waals surface area (Å²) in [5, 5.41) is 9.67. The summed E-state index contributed by atoms with van der Waals surface area (Å²) in [7, 11) is 0. The average Bonchev–Trinajstić information content (AvgIpc) is 2.28. The second-order valence-corrected chi connectivity index (χ2v) is 3.40. The molecule has 0 saturated carbocycles. The average molecular weight is 263 g/mol. The van der Waals surface area contributed by atoms with Gasteiger partial charge >= 0.3 is 0 Å². The third-order valence-corrected chi connectivity index (χ3v) is 2.24. The molecule has 0 N–H and O–H groups in total. The lowest BCUT2D eigenvalue weighted by Crippen LogP contribution is -1.90. The summed E-state index contributed by atoms with van der Waals surface area (Å²) in [6.45, 7) is 0. The van der Waals surface area contributed by atoms with Crippen molar-refractivity contribution in [2.45, 2.75) is 0 Å². The number of nitriles is 1. The van der Waals surface area contributed by atoms with Crippen molar-refractivity contribution in [1.82, 2.24) is 4.98 Å². The second kappa shape index (κ2) is 4.28. The van der Waals surface area contributed by atoms with E-state index in [4.69, 9.17) is 10.00 Å². The molecule has 1 aromatic heterocycles. The van der Waals surface area contributed by atoms with Crippen molar-refractivity contribution in [3.05, 3.63) is 36.0 Å². The number of halogens is 1. The number of fused-ring (bicyclic) bond motifs is 1. The van der Waals surface area contributed by atoms with Crippen LogP contribution in [0.5, 0.6) is 5.75 Å². The van der Waals surface area contributed by atoms with Crippen LogP contribution < -0.4 is 4.74 Å². The van der Waals surface area contributed by atoms with Gasteiger partial charge in [-0.05, 0) is 40.2 Å². The number of pyridine rings is 1. The van der Waals surface area contributed by atoms with Crippen LogP contribution in [0.2, 0.25) is 0 Å². The number of alkyl halides is 1. The Morgan fingerprint density at radius 2 is 2.27 bits per heavy atom. The molecule has 0 spiro atoms. The minimum absolute atomic E-state index is 0.429. The van der Waals surface area contributed by atoms with Crippen LogP contribution in [-0.2, 0) is 0 Å². The number of rotatable bonds is 2. The molecule has 3 nitrogen and oxygen atoms in total. The minimum Gasteiger partial charge on any atom is -0.481 e. The molecular weight excluding hydrogens is 256 g/mol. The molecule has 0 radical (unpaired) electrons. The van der Waals surface area contributed by atoms with E-state index in [9.17, 15) is 0 Å². The van der Waals surface area contributed by atoms with Gasteiger partial charge in [0.05, 0.1) is 23.3 Å². The van der Waals surface area contributed by atoms with Crippen molar-refractivity contribution < 1.29 is 4.74 Å². The maximum absolute atomic E-state index is 8.76. The fraction of sp³-hybridized carbons (Fsp3) is 0.0909. The predicted octanol–water partition coefficient (Wildman–Crippen LogP) is 2.84. The normalized spacial score (nSPS) is 9.87. The highest BCUT2D eigenvalue weighted by Crippen LogP contribution is 2.19. The van der Waals surface area contributed by atoms with E-state index >= 15 is 0 Å². The molecule has 0 bridgehead atoms. The number of hydrogen-bond donors (Lipinski definition) is 0. The Morgan fingerprint density at radius 3 is 3.00 bits per heavy atom. The molecule has 2 aromatic rings. The SMILES string of the molecule is N#Cc1ccc2ncc(OCBr)cc2c1. The van der Waals surface area contributed by atoms with Gasteiger partial charge in [-0.2, -0.15) is 5.26 Å². The number of hydrogen-bond acceptors (Lipinski definition) is 3. The van der Waals surface area contributed by atoms with Crippen LogP contribution in [0.15, 0.2) is 30.5 Å². The number of benzene rings is 1. The summed E-state index contributed by atoms with van der Waals surface area (Å²) in [6.07, 6.45) is 1.66. The zero-order chi connectivity index (χ0) is 10.7. The third kappa shape index (κ3) is 2.08. The van der Waals surface area contributed by atoms with E-state index in [-0.39, 0.29) is 0 Å². The van der Waals surface area contributed by atoms with Crippen molar-refractivity contribution in [3.8, 4) is 11.8 Å².